The van der Waals surface area contributed by atoms with Gasteiger partial charge in [0.25, 0.3) is 0 Å². The Labute approximate surface area is 142 Å². The Bertz CT molecular complexity index is 611. The standard InChI is InChI=1S/C17H28N4OS/c1-12-7-5-6-8-13(12)22-10-9-18-15-20-21-11-14(17(2,3)4)19-16(21)23-15/h11-13H,5-10H2,1-4H3,(H,18,20)/t12-,13-/m0/s1. The van der Waals surface area contributed by atoms with E-state index in [1.807, 2.05) is 10.7 Å². The van der Waals surface area contributed by atoms with Gasteiger partial charge in [-0.25, -0.2) is 9.50 Å². The van der Waals surface area contributed by atoms with Crippen molar-refractivity contribution in [3.8, 4) is 0 Å². The summed E-state index contributed by atoms with van der Waals surface area (Å²) in [6.45, 7) is 10.3. The zero-order chi connectivity index (χ0) is 16.4. The number of rotatable bonds is 5. The minimum atomic E-state index is 0.0611. The summed E-state index contributed by atoms with van der Waals surface area (Å²) in [6.07, 6.45) is 7.64. The number of hydrogen-bond donors (Lipinski definition) is 1. The molecule has 0 unspecified atom stereocenters. The first-order valence-corrected chi connectivity index (χ1v) is 9.47. The largest absolute Gasteiger partial charge is 0.376 e. The number of nitrogens with one attached hydrogen (secondary N) is 1. The lowest BCUT2D eigenvalue weighted by Gasteiger charge is -2.28. The van der Waals surface area contributed by atoms with Gasteiger partial charge in [-0.05, 0) is 18.8 Å². The molecule has 0 amide bonds. The van der Waals surface area contributed by atoms with Crippen LogP contribution in [0.15, 0.2) is 6.20 Å². The summed E-state index contributed by atoms with van der Waals surface area (Å²) in [5.74, 6) is 0.697. The Hall–Kier alpha value is -1.14. The van der Waals surface area contributed by atoms with Crippen LogP contribution in [-0.2, 0) is 10.2 Å². The molecule has 0 saturated heterocycles. The van der Waals surface area contributed by atoms with Crippen LogP contribution in [0.25, 0.3) is 4.96 Å². The van der Waals surface area contributed by atoms with Gasteiger partial charge in [-0.2, -0.15) is 0 Å². The third kappa shape index (κ3) is 4.04. The normalized spacial score (nSPS) is 22.6. The van der Waals surface area contributed by atoms with Gasteiger partial charge in [0.1, 0.15) is 0 Å². The highest BCUT2D eigenvalue weighted by Crippen LogP contribution is 2.27. The Morgan fingerprint density at radius 1 is 1.35 bits per heavy atom. The van der Waals surface area contributed by atoms with Crippen molar-refractivity contribution >= 4 is 21.4 Å². The minimum absolute atomic E-state index is 0.0611. The number of ether oxygens (including phenoxy) is 1. The fourth-order valence-corrected chi connectivity index (χ4v) is 3.84. The van der Waals surface area contributed by atoms with Crippen LogP contribution in [0.1, 0.15) is 59.1 Å². The van der Waals surface area contributed by atoms with Crippen molar-refractivity contribution in [3.63, 3.8) is 0 Å². The van der Waals surface area contributed by atoms with E-state index in [9.17, 15) is 0 Å². The number of imidazole rings is 1. The summed E-state index contributed by atoms with van der Waals surface area (Å²) in [5, 5.41) is 8.82. The number of hydrogen-bond acceptors (Lipinski definition) is 5. The maximum atomic E-state index is 6.03. The maximum Gasteiger partial charge on any atom is 0.214 e. The molecule has 5 nitrogen and oxygen atoms in total. The first-order valence-electron chi connectivity index (χ1n) is 8.65. The summed E-state index contributed by atoms with van der Waals surface area (Å²) in [6, 6.07) is 0. The first-order chi connectivity index (χ1) is 10.9. The third-order valence-corrected chi connectivity index (χ3v) is 5.43. The van der Waals surface area contributed by atoms with E-state index in [-0.39, 0.29) is 5.41 Å². The number of nitrogens with zero attached hydrogens (tertiary/aromatic N) is 3. The highest BCUT2D eigenvalue weighted by atomic mass is 32.1. The van der Waals surface area contributed by atoms with Crippen molar-refractivity contribution < 1.29 is 4.74 Å². The molecule has 0 spiro atoms. The topological polar surface area (TPSA) is 51.5 Å². The van der Waals surface area contributed by atoms with Gasteiger partial charge in [-0.1, -0.05) is 51.9 Å². The van der Waals surface area contributed by atoms with Gasteiger partial charge in [-0.15, -0.1) is 5.10 Å². The molecule has 1 fully saturated rings. The highest BCUT2D eigenvalue weighted by molar-refractivity contribution is 7.20. The molecule has 1 N–H and O–H groups in total. The van der Waals surface area contributed by atoms with Crippen molar-refractivity contribution in [3.05, 3.63) is 11.9 Å². The second-order valence-electron chi connectivity index (χ2n) is 7.61. The quantitative estimate of drug-likeness (QED) is 0.835. The molecule has 1 aliphatic rings. The second kappa shape index (κ2) is 6.77. The van der Waals surface area contributed by atoms with Gasteiger partial charge in [-0.3, -0.25) is 0 Å². The summed E-state index contributed by atoms with van der Waals surface area (Å²) >= 11 is 1.59. The predicted octanol–water partition coefficient (Wildman–Crippen LogP) is 4.10. The number of fused-ring (bicyclic) bond motifs is 1. The van der Waals surface area contributed by atoms with Gasteiger partial charge >= 0.3 is 0 Å². The molecule has 2 aromatic heterocycles. The van der Waals surface area contributed by atoms with Crippen molar-refractivity contribution in [2.45, 2.75) is 64.9 Å². The van der Waals surface area contributed by atoms with Gasteiger partial charge in [0.15, 0.2) is 0 Å². The molecule has 3 rings (SSSR count). The molecule has 1 saturated carbocycles. The molecule has 2 heterocycles. The minimum Gasteiger partial charge on any atom is -0.376 e. The average Bonchev–Trinajstić information content (AvgIpc) is 3.03. The molecule has 0 radical (unpaired) electrons. The molecule has 6 heteroatoms. The maximum absolute atomic E-state index is 6.03. The summed E-state index contributed by atoms with van der Waals surface area (Å²) < 4.78 is 7.90. The SMILES string of the molecule is C[C@H]1CCCC[C@@H]1OCCNc1nn2cc(C(C)(C)C)nc2s1. The van der Waals surface area contributed by atoms with Crippen molar-refractivity contribution in [1.82, 2.24) is 14.6 Å². The molecular weight excluding hydrogens is 308 g/mol. The fraction of sp³-hybridized carbons (Fsp3) is 0.765. The Morgan fingerprint density at radius 2 is 2.13 bits per heavy atom. The van der Waals surface area contributed by atoms with Crippen LogP contribution in [-0.4, -0.2) is 33.9 Å². The highest BCUT2D eigenvalue weighted by Gasteiger charge is 2.22. The van der Waals surface area contributed by atoms with Crippen LogP contribution in [0, 0.1) is 5.92 Å². The molecule has 2 atom stereocenters. The van der Waals surface area contributed by atoms with E-state index >= 15 is 0 Å². The van der Waals surface area contributed by atoms with Crippen molar-refractivity contribution in [1.29, 1.82) is 0 Å². The Balaban J connectivity index is 1.49. The molecule has 0 aliphatic heterocycles. The first kappa shape index (κ1) is 16.7. The van der Waals surface area contributed by atoms with Gasteiger partial charge in [0.05, 0.1) is 24.6 Å². The van der Waals surface area contributed by atoms with E-state index in [2.05, 4.69) is 43.1 Å². The fourth-order valence-electron chi connectivity index (χ4n) is 3.03. The Kier molecular flexibility index (Phi) is 4.92. The van der Waals surface area contributed by atoms with Crippen LogP contribution < -0.4 is 5.32 Å². The van der Waals surface area contributed by atoms with E-state index < -0.39 is 0 Å². The number of anilines is 1. The van der Waals surface area contributed by atoms with E-state index in [0.717, 1.165) is 28.9 Å². The Morgan fingerprint density at radius 3 is 2.83 bits per heavy atom. The van der Waals surface area contributed by atoms with Gasteiger partial charge in [0, 0.05) is 12.0 Å². The van der Waals surface area contributed by atoms with Gasteiger partial charge < -0.3 is 10.1 Å². The van der Waals surface area contributed by atoms with E-state index in [0.29, 0.717) is 12.0 Å². The molecule has 128 valence electrons. The van der Waals surface area contributed by atoms with E-state index in [4.69, 9.17) is 4.74 Å². The monoisotopic (exact) mass is 336 g/mol. The van der Waals surface area contributed by atoms with E-state index in [1.54, 1.807) is 11.3 Å². The lowest BCUT2D eigenvalue weighted by Crippen LogP contribution is -2.27. The predicted molar refractivity (Wildman–Crippen MR) is 95.4 cm³/mol. The van der Waals surface area contributed by atoms with Crippen molar-refractivity contribution in [2.75, 3.05) is 18.5 Å². The number of aromatic nitrogens is 3. The van der Waals surface area contributed by atoms with Crippen molar-refractivity contribution in [2.24, 2.45) is 5.92 Å². The molecule has 1 aliphatic carbocycles. The molecule has 0 aromatic carbocycles. The van der Waals surface area contributed by atoms with Crippen LogP contribution >= 0.6 is 11.3 Å². The van der Waals surface area contributed by atoms with Crippen LogP contribution in [0.2, 0.25) is 0 Å². The summed E-state index contributed by atoms with van der Waals surface area (Å²) in [5.41, 5.74) is 1.14. The third-order valence-electron chi connectivity index (χ3n) is 4.55. The van der Waals surface area contributed by atoms with E-state index in [1.165, 1.54) is 25.7 Å². The second-order valence-corrected chi connectivity index (χ2v) is 8.56. The lowest BCUT2D eigenvalue weighted by atomic mass is 9.88. The average molecular weight is 337 g/mol. The zero-order valence-electron chi connectivity index (χ0n) is 14.6. The molecule has 2 aromatic rings. The van der Waals surface area contributed by atoms with Gasteiger partial charge in [0.2, 0.25) is 10.1 Å². The van der Waals surface area contributed by atoms with Crippen LogP contribution in [0.3, 0.4) is 0 Å². The molecule has 0 bridgehead atoms. The van der Waals surface area contributed by atoms with Crippen LogP contribution in [0.4, 0.5) is 5.13 Å². The summed E-state index contributed by atoms with van der Waals surface area (Å²) in [7, 11) is 0. The molecular formula is C17H28N4OS. The zero-order valence-corrected chi connectivity index (χ0v) is 15.4. The smallest absolute Gasteiger partial charge is 0.214 e. The lowest BCUT2D eigenvalue weighted by molar-refractivity contribution is 0.000388. The molecule has 23 heavy (non-hydrogen) atoms. The summed E-state index contributed by atoms with van der Waals surface area (Å²) in [4.78, 5) is 5.61. The van der Waals surface area contributed by atoms with Crippen LogP contribution in [0.5, 0.6) is 0 Å².